The van der Waals surface area contributed by atoms with Crippen molar-refractivity contribution in [3.8, 4) is 0 Å². The van der Waals surface area contributed by atoms with E-state index < -0.39 is 35.2 Å². The number of hydrogen-bond acceptors (Lipinski definition) is 9. The van der Waals surface area contributed by atoms with Crippen molar-refractivity contribution in [2.75, 3.05) is 30.2 Å². The summed E-state index contributed by atoms with van der Waals surface area (Å²) in [7, 11) is 2.32. The summed E-state index contributed by atoms with van der Waals surface area (Å²) in [5.74, 6) is -4.18. The number of aromatic amines is 1. The highest BCUT2D eigenvalue weighted by molar-refractivity contribution is 6.36. The molecule has 14 heteroatoms. The van der Waals surface area contributed by atoms with Crippen molar-refractivity contribution < 1.29 is 28.7 Å². The van der Waals surface area contributed by atoms with Gasteiger partial charge in [-0.25, -0.2) is 9.59 Å². The predicted molar refractivity (Wildman–Crippen MR) is 138 cm³/mol. The third-order valence-corrected chi connectivity index (χ3v) is 6.04. The average molecular weight is 560 g/mol. The molecule has 0 saturated carbocycles. The number of hydrogen-bond donors (Lipinski definition) is 4. The van der Waals surface area contributed by atoms with Crippen LogP contribution in [0.4, 0.5) is 23.1 Å². The van der Waals surface area contributed by atoms with Gasteiger partial charge in [-0.2, -0.15) is 4.98 Å². The summed E-state index contributed by atoms with van der Waals surface area (Å²) >= 11 is 12.1. The van der Waals surface area contributed by atoms with Crippen molar-refractivity contribution in [2.45, 2.75) is 12.3 Å². The zero-order chi connectivity index (χ0) is 27.6. The Morgan fingerprint density at radius 2 is 1.66 bits per heavy atom. The number of carbonyl (C=O) groups is 4. The molecule has 0 bridgehead atoms. The Kier molecular flexibility index (Phi) is 7.65. The number of benzene rings is 2. The first-order valence-electron chi connectivity index (χ1n) is 10.9. The van der Waals surface area contributed by atoms with Gasteiger partial charge in [-0.3, -0.25) is 19.4 Å². The number of nitrogens with one attached hydrogen (secondary N) is 4. The van der Waals surface area contributed by atoms with E-state index in [1.807, 2.05) is 0 Å². The fourth-order valence-electron chi connectivity index (χ4n) is 3.77. The number of amides is 2. The molecule has 1 unspecified atom stereocenters. The summed E-state index contributed by atoms with van der Waals surface area (Å²) in [5, 5.41) is 8.55. The standard InChI is InChI=1S/C24H19Cl2N5O7/c1-37-22(35)10-5-11(23(36)38-2)7-13(6-10)27-20(33)14-9-17(32)29-19-18(14)21(34)31-24(30-19)28-16-4-3-12(25)8-15(16)26/h3-8,14H,9H2,1-2H3,(H,27,33)(H3,28,29,30,31,32,34). The molecule has 0 fully saturated rings. The molecule has 0 spiro atoms. The molecular formula is C24H19Cl2N5O7. The van der Waals surface area contributed by atoms with Crippen LogP contribution in [-0.2, 0) is 19.1 Å². The number of halogens is 2. The highest BCUT2D eigenvalue weighted by Crippen LogP contribution is 2.32. The molecule has 2 heterocycles. The summed E-state index contributed by atoms with van der Waals surface area (Å²) in [5.41, 5.74) is -0.367. The maximum absolute atomic E-state index is 13.2. The Bertz CT molecular complexity index is 1500. The number of anilines is 4. The second-order valence-electron chi connectivity index (χ2n) is 8.00. The first kappa shape index (κ1) is 26.6. The van der Waals surface area contributed by atoms with E-state index in [9.17, 15) is 24.0 Å². The smallest absolute Gasteiger partial charge is 0.337 e. The molecule has 1 aromatic heterocycles. The molecule has 4 N–H and O–H groups in total. The number of H-pyrrole nitrogens is 1. The minimum Gasteiger partial charge on any atom is -0.465 e. The van der Waals surface area contributed by atoms with Crippen LogP contribution in [0.2, 0.25) is 10.0 Å². The van der Waals surface area contributed by atoms with Gasteiger partial charge in [0.1, 0.15) is 5.82 Å². The molecule has 2 aromatic carbocycles. The number of methoxy groups -OCH3 is 2. The molecular weight excluding hydrogens is 541 g/mol. The lowest BCUT2D eigenvalue weighted by molar-refractivity contribution is -0.123. The Balaban J connectivity index is 1.66. The molecule has 2 amide bonds. The summed E-state index contributed by atoms with van der Waals surface area (Å²) in [4.78, 5) is 69.5. The molecule has 0 saturated heterocycles. The van der Waals surface area contributed by atoms with Gasteiger partial charge in [0, 0.05) is 17.1 Å². The first-order valence-corrected chi connectivity index (χ1v) is 11.6. The van der Waals surface area contributed by atoms with Crippen molar-refractivity contribution in [3.63, 3.8) is 0 Å². The number of aromatic nitrogens is 2. The molecule has 0 radical (unpaired) electrons. The number of ether oxygens (including phenoxy) is 2. The van der Waals surface area contributed by atoms with Gasteiger partial charge in [-0.05, 0) is 36.4 Å². The molecule has 12 nitrogen and oxygen atoms in total. The Labute approximate surface area is 224 Å². The van der Waals surface area contributed by atoms with Gasteiger partial charge in [-0.1, -0.05) is 23.2 Å². The quantitative estimate of drug-likeness (QED) is 0.330. The lowest BCUT2D eigenvalue weighted by Crippen LogP contribution is -2.36. The van der Waals surface area contributed by atoms with Gasteiger partial charge in [-0.15, -0.1) is 0 Å². The molecule has 3 aromatic rings. The van der Waals surface area contributed by atoms with Crippen LogP contribution in [0.1, 0.15) is 38.6 Å². The maximum Gasteiger partial charge on any atom is 0.337 e. The molecule has 38 heavy (non-hydrogen) atoms. The second kappa shape index (κ2) is 10.9. The topological polar surface area (TPSA) is 169 Å². The number of esters is 2. The van der Waals surface area contributed by atoms with Gasteiger partial charge in [0.15, 0.2) is 0 Å². The van der Waals surface area contributed by atoms with Crippen LogP contribution in [-0.4, -0.2) is 47.9 Å². The first-order chi connectivity index (χ1) is 18.1. The summed E-state index contributed by atoms with van der Waals surface area (Å²) in [6, 6.07) is 8.45. The fraction of sp³-hybridized carbons (Fsp3) is 0.167. The van der Waals surface area contributed by atoms with Crippen molar-refractivity contribution in [1.82, 2.24) is 9.97 Å². The minimum atomic E-state index is -1.23. The zero-order valence-corrected chi connectivity index (χ0v) is 21.3. The van der Waals surface area contributed by atoms with E-state index in [1.165, 1.54) is 24.3 Å². The van der Waals surface area contributed by atoms with Crippen molar-refractivity contribution >= 4 is 70.1 Å². The van der Waals surface area contributed by atoms with Crippen molar-refractivity contribution in [1.29, 1.82) is 0 Å². The van der Waals surface area contributed by atoms with E-state index in [0.29, 0.717) is 10.7 Å². The van der Waals surface area contributed by atoms with Gasteiger partial charge < -0.3 is 25.4 Å². The summed E-state index contributed by atoms with van der Waals surface area (Å²) < 4.78 is 9.39. The van der Waals surface area contributed by atoms with Crippen LogP contribution in [0.15, 0.2) is 41.2 Å². The van der Waals surface area contributed by atoms with E-state index in [1.54, 1.807) is 12.1 Å². The molecule has 1 atom stereocenters. The van der Waals surface area contributed by atoms with Crippen LogP contribution in [0.25, 0.3) is 0 Å². The lowest BCUT2D eigenvalue weighted by Gasteiger charge is -2.24. The number of fused-ring (bicyclic) bond motifs is 1. The lowest BCUT2D eigenvalue weighted by atomic mass is 9.92. The highest BCUT2D eigenvalue weighted by atomic mass is 35.5. The minimum absolute atomic E-state index is 0.0245. The largest absolute Gasteiger partial charge is 0.465 e. The molecule has 1 aliphatic heterocycles. The Hall–Kier alpha value is -4.42. The SMILES string of the molecule is COC(=O)c1cc(NC(=O)C2CC(=O)Nc3nc(Nc4ccc(Cl)cc4Cl)[nH]c(=O)c32)cc(C(=O)OC)c1. The maximum atomic E-state index is 13.2. The predicted octanol–water partition coefficient (Wildman–Crippen LogP) is 3.46. The van der Waals surface area contributed by atoms with Crippen molar-refractivity contribution in [3.05, 3.63) is 73.5 Å². The highest BCUT2D eigenvalue weighted by Gasteiger charge is 2.35. The van der Waals surface area contributed by atoms with E-state index in [-0.39, 0.29) is 45.6 Å². The van der Waals surface area contributed by atoms with E-state index in [0.717, 1.165) is 14.2 Å². The van der Waals surface area contributed by atoms with E-state index in [4.69, 9.17) is 32.7 Å². The molecule has 4 rings (SSSR count). The Morgan fingerprint density at radius 1 is 1.00 bits per heavy atom. The van der Waals surface area contributed by atoms with Crippen LogP contribution < -0.4 is 21.5 Å². The molecule has 0 aliphatic carbocycles. The van der Waals surface area contributed by atoms with Crippen LogP contribution >= 0.6 is 23.2 Å². The van der Waals surface area contributed by atoms with E-state index in [2.05, 4.69) is 25.9 Å². The van der Waals surface area contributed by atoms with Crippen LogP contribution in [0.3, 0.4) is 0 Å². The second-order valence-corrected chi connectivity index (χ2v) is 8.85. The fourth-order valence-corrected chi connectivity index (χ4v) is 4.23. The average Bonchev–Trinajstić information content (AvgIpc) is 2.88. The zero-order valence-electron chi connectivity index (χ0n) is 19.8. The molecule has 1 aliphatic rings. The number of rotatable bonds is 6. The van der Waals surface area contributed by atoms with Gasteiger partial charge >= 0.3 is 11.9 Å². The van der Waals surface area contributed by atoms with Crippen LogP contribution in [0, 0.1) is 0 Å². The van der Waals surface area contributed by atoms with Gasteiger partial charge in [0.2, 0.25) is 17.8 Å². The Morgan fingerprint density at radius 3 is 2.26 bits per heavy atom. The normalized spacial score (nSPS) is 14.1. The molecule has 196 valence electrons. The van der Waals surface area contributed by atoms with Crippen molar-refractivity contribution in [2.24, 2.45) is 0 Å². The monoisotopic (exact) mass is 559 g/mol. The van der Waals surface area contributed by atoms with Gasteiger partial charge in [0.05, 0.1) is 47.5 Å². The van der Waals surface area contributed by atoms with E-state index >= 15 is 0 Å². The van der Waals surface area contributed by atoms with Crippen LogP contribution in [0.5, 0.6) is 0 Å². The summed E-state index contributed by atoms with van der Waals surface area (Å²) in [6.45, 7) is 0. The summed E-state index contributed by atoms with van der Waals surface area (Å²) in [6.07, 6.45) is -0.347. The number of carbonyl (C=O) groups excluding carboxylic acids is 4. The van der Waals surface area contributed by atoms with Gasteiger partial charge in [0.25, 0.3) is 5.56 Å². The third kappa shape index (κ3) is 5.61. The number of nitrogens with zero attached hydrogens (tertiary/aromatic N) is 1. The third-order valence-electron chi connectivity index (χ3n) is 5.49.